The number of carbonyl (C=O) groups excluding carboxylic acids is 1. The molecule has 0 saturated carbocycles. The monoisotopic (exact) mass is 395 g/mol. The number of nitrogens with zero attached hydrogens (tertiary/aromatic N) is 2. The van der Waals surface area contributed by atoms with E-state index in [1.807, 2.05) is 0 Å². The van der Waals surface area contributed by atoms with Crippen molar-refractivity contribution in [3.63, 3.8) is 0 Å². The van der Waals surface area contributed by atoms with Gasteiger partial charge in [-0.25, -0.2) is 8.42 Å². The Hall–Kier alpha value is -1.97. The summed E-state index contributed by atoms with van der Waals surface area (Å²) in [5.41, 5.74) is 1.12. The van der Waals surface area contributed by atoms with Crippen LogP contribution in [0.2, 0.25) is 0 Å². The summed E-state index contributed by atoms with van der Waals surface area (Å²) in [7, 11) is -3.56. The van der Waals surface area contributed by atoms with Gasteiger partial charge in [0.25, 0.3) is 0 Å². The van der Waals surface area contributed by atoms with Crippen LogP contribution in [0.4, 0.5) is 5.69 Å². The fraction of sp³-hybridized carbons (Fsp3) is 0.412. The van der Waals surface area contributed by atoms with Crippen molar-refractivity contribution < 1.29 is 13.2 Å². The second-order valence-corrected chi connectivity index (χ2v) is 9.03. The maximum atomic E-state index is 12.7. The standard InChI is InChI=1S/C17H21N3O4S2/c1-13-12-25-17(22)20(13)11-16(21)18-14-6-5-7-15(10-14)26(23,24)19-8-3-2-4-9-19/h5-7,10,12H,2-4,8-9,11H2,1H3,(H,18,21). The molecule has 1 aromatic heterocycles. The van der Waals surface area contributed by atoms with Gasteiger partial charge < -0.3 is 5.32 Å². The molecule has 2 aromatic rings. The van der Waals surface area contributed by atoms with E-state index in [0.29, 0.717) is 18.8 Å². The summed E-state index contributed by atoms with van der Waals surface area (Å²) < 4.78 is 28.4. The number of aryl methyl sites for hydroxylation is 1. The van der Waals surface area contributed by atoms with E-state index < -0.39 is 10.0 Å². The fourth-order valence-corrected chi connectivity index (χ4v) is 5.23. The Balaban J connectivity index is 1.75. The minimum absolute atomic E-state index is 0.0999. The minimum atomic E-state index is -3.56. The molecule has 1 N–H and O–H groups in total. The Morgan fingerprint density at radius 3 is 2.62 bits per heavy atom. The van der Waals surface area contributed by atoms with Gasteiger partial charge in [0, 0.05) is 29.9 Å². The molecule has 0 bridgehead atoms. The lowest BCUT2D eigenvalue weighted by molar-refractivity contribution is -0.116. The normalized spacial score (nSPS) is 15.7. The lowest BCUT2D eigenvalue weighted by Gasteiger charge is -2.26. The van der Waals surface area contributed by atoms with Crippen molar-refractivity contribution in [2.45, 2.75) is 37.6 Å². The smallest absolute Gasteiger partial charge is 0.307 e. The van der Waals surface area contributed by atoms with Crippen LogP contribution < -0.4 is 10.2 Å². The maximum absolute atomic E-state index is 12.7. The molecule has 3 rings (SSSR count). The molecular weight excluding hydrogens is 374 g/mol. The van der Waals surface area contributed by atoms with Gasteiger partial charge in [-0.15, -0.1) is 0 Å². The Kier molecular flexibility index (Phi) is 5.59. The molecular formula is C17H21N3O4S2. The molecule has 0 atom stereocenters. The molecule has 0 aliphatic carbocycles. The number of anilines is 1. The Morgan fingerprint density at radius 1 is 1.23 bits per heavy atom. The quantitative estimate of drug-likeness (QED) is 0.839. The first-order valence-corrected chi connectivity index (χ1v) is 10.7. The van der Waals surface area contributed by atoms with Crippen molar-refractivity contribution in [1.82, 2.24) is 8.87 Å². The number of sulfonamides is 1. The molecule has 1 saturated heterocycles. The molecule has 0 spiro atoms. The van der Waals surface area contributed by atoms with Crippen LogP contribution in [0.5, 0.6) is 0 Å². The molecule has 7 nitrogen and oxygen atoms in total. The van der Waals surface area contributed by atoms with E-state index in [-0.39, 0.29) is 22.2 Å². The van der Waals surface area contributed by atoms with Gasteiger partial charge in [0.15, 0.2) is 0 Å². The third-order valence-corrected chi connectivity index (χ3v) is 7.12. The maximum Gasteiger partial charge on any atom is 0.307 e. The number of nitrogens with one attached hydrogen (secondary N) is 1. The van der Waals surface area contributed by atoms with Gasteiger partial charge in [0.05, 0.1) is 4.90 Å². The second kappa shape index (κ2) is 7.73. The Labute approximate surface area is 156 Å². The largest absolute Gasteiger partial charge is 0.324 e. The molecule has 26 heavy (non-hydrogen) atoms. The minimum Gasteiger partial charge on any atom is -0.324 e. The number of carbonyl (C=O) groups is 1. The first-order valence-electron chi connectivity index (χ1n) is 8.43. The zero-order valence-corrected chi connectivity index (χ0v) is 16.1. The fourth-order valence-electron chi connectivity index (χ4n) is 2.93. The number of amides is 1. The number of benzene rings is 1. The summed E-state index contributed by atoms with van der Waals surface area (Å²) in [6, 6.07) is 6.24. The number of hydrogen-bond acceptors (Lipinski definition) is 5. The molecule has 140 valence electrons. The number of thiazole rings is 1. The number of rotatable bonds is 5. The molecule has 0 radical (unpaired) electrons. The van der Waals surface area contributed by atoms with Gasteiger partial charge in [-0.1, -0.05) is 23.8 Å². The highest BCUT2D eigenvalue weighted by Crippen LogP contribution is 2.22. The van der Waals surface area contributed by atoms with Crippen molar-refractivity contribution >= 4 is 33.0 Å². The zero-order valence-electron chi connectivity index (χ0n) is 14.5. The summed E-state index contributed by atoms with van der Waals surface area (Å²) in [5.74, 6) is -0.374. The highest BCUT2D eigenvalue weighted by atomic mass is 32.2. The van der Waals surface area contributed by atoms with Crippen molar-refractivity contribution in [3.8, 4) is 0 Å². The molecule has 1 aliphatic heterocycles. The average molecular weight is 396 g/mol. The van der Waals surface area contributed by atoms with Crippen LogP contribution in [0.1, 0.15) is 25.0 Å². The summed E-state index contributed by atoms with van der Waals surface area (Å²) >= 11 is 1.04. The van der Waals surface area contributed by atoms with Gasteiger partial charge in [-0.3, -0.25) is 14.2 Å². The number of aromatic nitrogens is 1. The lowest BCUT2D eigenvalue weighted by Crippen LogP contribution is -2.35. The highest BCUT2D eigenvalue weighted by Gasteiger charge is 2.26. The predicted molar refractivity (Wildman–Crippen MR) is 101 cm³/mol. The SMILES string of the molecule is Cc1csc(=O)n1CC(=O)Nc1cccc(S(=O)(=O)N2CCCCC2)c1. The Bertz CT molecular complexity index is 956. The van der Waals surface area contributed by atoms with Crippen LogP contribution in [0.15, 0.2) is 39.3 Å². The second-order valence-electron chi connectivity index (χ2n) is 6.27. The highest BCUT2D eigenvalue weighted by molar-refractivity contribution is 7.89. The Morgan fingerprint density at radius 2 is 1.96 bits per heavy atom. The third kappa shape index (κ3) is 4.05. The van der Waals surface area contributed by atoms with E-state index in [1.54, 1.807) is 24.4 Å². The van der Waals surface area contributed by atoms with Crippen LogP contribution in [0, 0.1) is 6.92 Å². The van der Waals surface area contributed by atoms with Crippen molar-refractivity contribution in [2.24, 2.45) is 0 Å². The van der Waals surface area contributed by atoms with Crippen LogP contribution >= 0.6 is 11.3 Å². The topological polar surface area (TPSA) is 88.5 Å². The van der Waals surface area contributed by atoms with Gasteiger partial charge >= 0.3 is 4.87 Å². The molecule has 1 aromatic carbocycles. The first kappa shape index (κ1) is 18.8. The molecule has 1 amide bonds. The summed E-state index contributed by atoms with van der Waals surface area (Å²) in [6.45, 7) is 2.72. The van der Waals surface area contributed by atoms with Gasteiger partial charge in [0.2, 0.25) is 15.9 Å². The van der Waals surface area contributed by atoms with Crippen LogP contribution in [0.25, 0.3) is 0 Å². The summed E-state index contributed by atoms with van der Waals surface area (Å²) in [4.78, 5) is 23.9. The van der Waals surface area contributed by atoms with Gasteiger partial charge in [-0.2, -0.15) is 4.31 Å². The van der Waals surface area contributed by atoms with Crippen LogP contribution in [-0.4, -0.2) is 36.3 Å². The molecule has 0 unspecified atom stereocenters. The molecule has 2 heterocycles. The van der Waals surface area contributed by atoms with Crippen LogP contribution in [0.3, 0.4) is 0 Å². The van der Waals surface area contributed by atoms with E-state index in [2.05, 4.69) is 5.32 Å². The van der Waals surface area contributed by atoms with Crippen molar-refractivity contribution in [2.75, 3.05) is 18.4 Å². The van der Waals surface area contributed by atoms with E-state index in [9.17, 15) is 18.0 Å². The van der Waals surface area contributed by atoms with E-state index in [0.717, 1.165) is 36.3 Å². The number of piperidine rings is 1. The van der Waals surface area contributed by atoms with Crippen LogP contribution in [-0.2, 0) is 21.4 Å². The predicted octanol–water partition coefficient (Wildman–Crippen LogP) is 2.03. The van der Waals surface area contributed by atoms with Gasteiger partial charge in [0.1, 0.15) is 6.54 Å². The lowest BCUT2D eigenvalue weighted by atomic mass is 10.2. The van der Waals surface area contributed by atoms with E-state index >= 15 is 0 Å². The zero-order chi connectivity index (χ0) is 18.7. The van der Waals surface area contributed by atoms with E-state index in [4.69, 9.17) is 0 Å². The molecule has 1 fully saturated rings. The number of hydrogen-bond donors (Lipinski definition) is 1. The van der Waals surface area contributed by atoms with Gasteiger partial charge in [-0.05, 0) is 38.0 Å². The summed E-state index contributed by atoms with van der Waals surface area (Å²) in [6.07, 6.45) is 2.78. The third-order valence-electron chi connectivity index (χ3n) is 4.35. The molecule has 9 heteroatoms. The van der Waals surface area contributed by atoms with E-state index in [1.165, 1.54) is 21.0 Å². The van der Waals surface area contributed by atoms with Crippen molar-refractivity contribution in [3.05, 3.63) is 45.0 Å². The average Bonchev–Trinajstić information content (AvgIpc) is 2.94. The summed E-state index contributed by atoms with van der Waals surface area (Å²) in [5, 5.41) is 4.37. The molecule has 1 aliphatic rings. The van der Waals surface area contributed by atoms with Crippen molar-refractivity contribution in [1.29, 1.82) is 0 Å². The first-order chi connectivity index (χ1) is 12.4.